The monoisotopic (exact) mass is 389 g/mol. The number of rotatable bonds is 6. The average molecular weight is 390 g/mol. The molecule has 2 atom stereocenters. The second-order valence-corrected chi connectivity index (χ2v) is 7.88. The summed E-state index contributed by atoms with van der Waals surface area (Å²) < 4.78 is 0. The van der Waals surface area contributed by atoms with Gasteiger partial charge >= 0.3 is 5.97 Å². The summed E-state index contributed by atoms with van der Waals surface area (Å²) in [6, 6.07) is 23.9. The van der Waals surface area contributed by atoms with Crippen LogP contribution in [0.1, 0.15) is 31.4 Å². The Labute approximate surface area is 170 Å². The Bertz CT molecular complexity index is 1070. The molecule has 0 aliphatic carbocycles. The summed E-state index contributed by atoms with van der Waals surface area (Å²) in [5.41, 5.74) is -0.889. The van der Waals surface area contributed by atoms with Crippen LogP contribution in [0, 0.1) is 16.7 Å². The minimum absolute atomic E-state index is 0.481. The van der Waals surface area contributed by atoms with E-state index in [2.05, 4.69) is 6.07 Å². The van der Waals surface area contributed by atoms with Crippen molar-refractivity contribution in [2.24, 2.45) is 5.41 Å². The molecule has 0 aliphatic rings. The molecule has 28 heavy (non-hydrogen) atoms. The molecule has 2 unspecified atom stereocenters. The molecule has 3 aromatic rings. The summed E-state index contributed by atoms with van der Waals surface area (Å²) in [6.45, 7) is 3.52. The molecule has 142 valence electrons. The number of carbonyl (C=O) groups is 1. The lowest BCUT2D eigenvalue weighted by Gasteiger charge is -2.44. The number of carboxylic acid groups (broad SMARTS) is 1. The van der Waals surface area contributed by atoms with E-state index in [1.807, 2.05) is 79.9 Å². The van der Waals surface area contributed by atoms with E-state index in [0.29, 0.717) is 6.42 Å². The molecule has 3 nitrogen and oxygen atoms in total. The third kappa shape index (κ3) is 2.78. The van der Waals surface area contributed by atoms with Crippen molar-refractivity contribution in [1.82, 2.24) is 0 Å². The van der Waals surface area contributed by atoms with Crippen molar-refractivity contribution in [3.05, 3.63) is 77.9 Å². The number of carboxylic acids is 1. The van der Waals surface area contributed by atoms with Crippen molar-refractivity contribution in [3.8, 4) is 6.07 Å². The van der Waals surface area contributed by atoms with Crippen molar-refractivity contribution < 1.29 is 9.90 Å². The van der Waals surface area contributed by atoms with Crippen molar-refractivity contribution in [1.29, 1.82) is 5.26 Å². The Morgan fingerprint density at radius 3 is 2.29 bits per heavy atom. The number of thioether (sulfide) groups is 1. The average Bonchev–Trinajstić information content (AvgIpc) is 2.74. The zero-order chi connectivity index (χ0) is 20.4. The van der Waals surface area contributed by atoms with E-state index in [0.717, 1.165) is 26.8 Å². The van der Waals surface area contributed by atoms with E-state index >= 15 is 0 Å². The molecule has 0 bridgehead atoms. The zero-order valence-corrected chi connectivity index (χ0v) is 17.1. The second-order valence-electron chi connectivity index (χ2n) is 7.03. The standard InChI is InChI=1S/C24H23NO2S/c1-4-24(23(2,16-25)22(26)27,20-13-7-8-15-21(20)28-3)19-14-9-11-17-10-5-6-12-18(17)19/h5-15H,4H2,1-3H3,(H,26,27). The number of nitriles is 1. The van der Waals surface area contributed by atoms with E-state index in [4.69, 9.17) is 0 Å². The molecule has 0 saturated carbocycles. The van der Waals surface area contributed by atoms with E-state index in [1.54, 1.807) is 18.7 Å². The van der Waals surface area contributed by atoms with Crippen LogP contribution in [0.4, 0.5) is 0 Å². The van der Waals surface area contributed by atoms with Gasteiger partial charge in [-0.1, -0.05) is 67.6 Å². The number of hydrogen-bond acceptors (Lipinski definition) is 3. The second kappa shape index (κ2) is 7.69. The van der Waals surface area contributed by atoms with Crippen LogP contribution in [0.3, 0.4) is 0 Å². The van der Waals surface area contributed by atoms with Gasteiger partial charge in [0.1, 0.15) is 0 Å². The molecule has 0 aliphatic heterocycles. The first-order valence-corrected chi connectivity index (χ1v) is 10.4. The first-order chi connectivity index (χ1) is 13.5. The van der Waals surface area contributed by atoms with Crippen LogP contribution < -0.4 is 0 Å². The molecule has 3 aromatic carbocycles. The van der Waals surface area contributed by atoms with Crippen molar-refractivity contribution in [3.63, 3.8) is 0 Å². The first kappa shape index (κ1) is 20.0. The lowest BCUT2D eigenvalue weighted by Crippen LogP contribution is -2.49. The van der Waals surface area contributed by atoms with E-state index in [9.17, 15) is 15.2 Å². The Morgan fingerprint density at radius 1 is 1.04 bits per heavy atom. The SMILES string of the molecule is CCC(c1ccccc1SC)(c1cccc2ccccc12)C(C)(C#N)C(=O)O. The van der Waals surface area contributed by atoms with Crippen LogP contribution in [-0.2, 0) is 10.2 Å². The van der Waals surface area contributed by atoms with Gasteiger partial charge in [-0.15, -0.1) is 11.8 Å². The summed E-state index contributed by atoms with van der Waals surface area (Å²) in [5.74, 6) is -1.11. The molecule has 0 spiro atoms. The third-order valence-corrected chi connectivity index (χ3v) is 6.65. The fraction of sp³-hybridized carbons (Fsp3) is 0.250. The summed E-state index contributed by atoms with van der Waals surface area (Å²) >= 11 is 1.57. The molecular formula is C24H23NO2S. The summed E-state index contributed by atoms with van der Waals surface area (Å²) in [7, 11) is 0. The zero-order valence-electron chi connectivity index (χ0n) is 16.3. The van der Waals surface area contributed by atoms with E-state index in [1.165, 1.54) is 0 Å². The minimum atomic E-state index is -1.64. The highest BCUT2D eigenvalue weighted by Crippen LogP contribution is 2.53. The first-order valence-electron chi connectivity index (χ1n) is 9.22. The van der Waals surface area contributed by atoms with Gasteiger partial charge in [0.05, 0.1) is 11.5 Å². The highest BCUT2D eigenvalue weighted by molar-refractivity contribution is 7.98. The molecule has 0 aromatic heterocycles. The molecule has 0 saturated heterocycles. The van der Waals surface area contributed by atoms with Gasteiger partial charge in [-0.05, 0) is 47.6 Å². The number of hydrogen-bond donors (Lipinski definition) is 1. The quantitative estimate of drug-likeness (QED) is 0.535. The van der Waals surface area contributed by atoms with Gasteiger partial charge in [0.15, 0.2) is 5.41 Å². The molecular weight excluding hydrogens is 366 g/mol. The number of nitrogens with zero attached hydrogens (tertiary/aromatic N) is 1. The molecule has 0 heterocycles. The smallest absolute Gasteiger partial charge is 0.325 e. The summed E-state index contributed by atoms with van der Waals surface area (Å²) in [4.78, 5) is 13.5. The van der Waals surface area contributed by atoms with Gasteiger partial charge in [0.2, 0.25) is 0 Å². The normalized spacial score (nSPS) is 15.4. The number of fused-ring (bicyclic) bond motifs is 1. The van der Waals surface area contributed by atoms with E-state index < -0.39 is 16.8 Å². The van der Waals surface area contributed by atoms with Crippen LogP contribution in [-0.4, -0.2) is 17.3 Å². The highest BCUT2D eigenvalue weighted by Gasteiger charge is 2.56. The Morgan fingerprint density at radius 2 is 1.64 bits per heavy atom. The summed E-state index contributed by atoms with van der Waals surface area (Å²) in [6.07, 6.45) is 2.46. The minimum Gasteiger partial charge on any atom is -0.480 e. The molecule has 3 rings (SSSR count). The van der Waals surface area contributed by atoms with Crippen LogP contribution in [0.25, 0.3) is 10.8 Å². The van der Waals surface area contributed by atoms with Gasteiger partial charge in [0.25, 0.3) is 0 Å². The Kier molecular flexibility index (Phi) is 5.49. The van der Waals surface area contributed by atoms with Crippen LogP contribution in [0.15, 0.2) is 71.6 Å². The fourth-order valence-corrected chi connectivity index (χ4v) is 5.02. The predicted octanol–water partition coefficient (Wildman–Crippen LogP) is 5.87. The maximum atomic E-state index is 12.5. The molecule has 0 amide bonds. The van der Waals surface area contributed by atoms with Crippen molar-refractivity contribution in [2.75, 3.05) is 6.26 Å². The number of benzene rings is 3. The number of aliphatic carboxylic acids is 1. The van der Waals surface area contributed by atoms with Crippen LogP contribution >= 0.6 is 11.8 Å². The van der Waals surface area contributed by atoms with Gasteiger partial charge in [-0.3, -0.25) is 4.79 Å². The maximum Gasteiger partial charge on any atom is 0.325 e. The molecule has 1 N–H and O–H groups in total. The van der Waals surface area contributed by atoms with Gasteiger partial charge < -0.3 is 5.11 Å². The fourth-order valence-electron chi connectivity index (χ4n) is 4.34. The Balaban J connectivity index is 2.55. The van der Waals surface area contributed by atoms with Crippen molar-refractivity contribution in [2.45, 2.75) is 30.6 Å². The summed E-state index contributed by atoms with van der Waals surface area (Å²) in [5, 5.41) is 22.4. The lowest BCUT2D eigenvalue weighted by molar-refractivity contribution is -0.147. The lowest BCUT2D eigenvalue weighted by atomic mass is 9.56. The van der Waals surface area contributed by atoms with Gasteiger partial charge in [-0.25, -0.2) is 0 Å². The topological polar surface area (TPSA) is 61.1 Å². The maximum absolute atomic E-state index is 12.5. The largest absolute Gasteiger partial charge is 0.480 e. The third-order valence-electron chi connectivity index (χ3n) is 5.85. The van der Waals surface area contributed by atoms with E-state index in [-0.39, 0.29) is 0 Å². The van der Waals surface area contributed by atoms with Gasteiger partial charge in [-0.2, -0.15) is 5.26 Å². The molecule has 4 heteroatoms. The highest BCUT2D eigenvalue weighted by atomic mass is 32.2. The predicted molar refractivity (Wildman–Crippen MR) is 115 cm³/mol. The van der Waals surface area contributed by atoms with Crippen molar-refractivity contribution >= 4 is 28.5 Å². The van der Waals surface area contributed by atoms with Crippen LogP contribution in [0.2, 0.25) is 0 Å². The molecule has 0 fully saturated rings. The molecule has 0 radical (unpaired) electrons. The van der Waals surface area contributed by atoms with Crippen LogP contribution in [0.5, 0.6) is 0 Å². The Hall–Kier alpha value is -2.77. The van der Waals surface area contributed by atoms with Gasteiger partial charge in [0, 0.05) is 4.90 Å².